The molecule has 0 aliphatic carbocycles. The third-order valence-corrected chi connectivity index (χ3v) is 4.23. The lowest BCUT2D eigenvalue weighted by molar-refractivity contribution is 0.514. The molecule has 1 fully saturated rings. The second-order valence-corrected chi connectivity index (χ2v) is 5.67. The standard InChI is InChI=1S/C10H13BrN2S/c11-9-2-7(3-13-4-9)1-8-5-14-6-10(8)12/h2-4,8,10H,1,5-6,12H2. The number of halogens is 1. The van der Waals surface area contributed by atoms with Crippen LogP contribution in [0.5, 0.6) is 0 Å². The Morgan fingerprint density at radius 3 is 3.00 bits per heavy atom. The molecule has 0 spiro atoms. The first kappa shape index (κ1) is 10.5. The van der Waals surface area contributed by atoms with Crippen LogP contribution in [-0.2, 0) is 6.42 Å². The van der Waals surface area contributed by atoms with Crippen molar-refractivity contribution in [2.45, 2.75) is 12.5 Å². The number of pyridine rings is 1. The topological polar surface area (TPSA) is 38.9 Å². The highest BCUT2D eigenvalue weighted by atomic mass is 79.9. The van der Waals surface area contributed by atoms with Gasteiger partial charge in [0.1, 0.15) is 0 Å². The van der Waals surface area contributed by atoms with Crippen LogP contribution in [0.3, 0.4) is 0 Å². The summed E-state index contributed by atoms with van der Waals surface area (Å²) in [6.45, 7) is 0. The fraction of sp³-hybridized carbons (Fsp3) is 0.500. The zero-order valence-electron chi connectivity index (χ0n) is 7.82. The Labute approximate surface area is 96.8 Å². The van der Waals surface area contributed by atoms with Gasteiger partial charge in [-0.15, -0.1) is 0 Å². The predicted molar refractivity (Wildman–Crippen MR) is 64.4 cm³/mol. The summed E-state index contributed by atoms with van der Waals surface area (Å²) >= 11 is 5.38. The molecule has 2 nitrogen and oxygen atoms in total. The summed E-state index contributed by atoms with van der Waals surface area (Å²) in [5.74, 6) is 2.91. The minimum absolute atomic E-state index is 0.360. The maximum Gasteiger partial charge on any atom is 0.0410 e. The molecular weight excluding hydrogens is 260 g/mol. The quantitative estimate of drug-likeness (QED) is 0.896. The Morgan fingerprint density at radius 2 is 2.36 bits per heavy atom. The van der Waals surface area contributed by atoms with Crippen molar-refractivity contribution in [2.24, 2.45) is 11.7 Å². The molecule has 1 aliphatic heterocycles. The van der Waals surface area contributed by atoms with E-state index in [-0.39, 0.29) is 0 Å². The lowest BCUT2D eigenvalue weighted by atomic mass is 9.97. The second-order valence-electron chi connectivity index (χ2n) is 3.68. The molecule has 0 amide bonds. The van der Waals surface area contributed by atoms with Gasteiger partial charge in [0.15, 0.2) is 0 Å². The SMILES string of the molecule is NC1CSCC1Cc1cncc(Br)c1. The highest BCUT2D eigenvalue weighted by molar-refractivity contribution is 9.10. The monoisotopic (exact) mass is 272 g/mol. The Kier molecular flexibility index (Phi) is 3.47. The fourth-order valence-electron chi connectivity index (χ4n) is 1.70. The van der Waals surface area contributed by atoms with Crippen LogP contribution in [0.1, 0.15) is 5.56 Å². The zero-order chi connectivity index (χ0) is 9.97. The number of thioether (sulfide) groups is 1. The Morgan fingerprint density at radius 1 is 1.50 bits per heavy atom. The van der Waals surface area contributed by atoms with Gasteiger partial charge in [-0.1, -0.05) is 0 Å². The second kappa shape index (κ2) is 4.64. The van der Waals surface area contributed by atoms with E-state index in [2.05, 4.69) is 27.0 Å². The molecule has 2 unspecified atom stereocenters. The number of hydrogen-bond donors (Lipinski definition) is 1. The van der Waals surface area contributed by atoms with Gasteiger partial charge in [0.25, 0.3) is 0 Å². The molecule has 2 rings (SSSR count). The highest BCUT2D eigenvalue weighted by Crippen LogP contribution is 2.26. The molecule has 2 atom stereocenters. The zero-order valence-corrected chi connectivity index (χ0v) is 10.2. The summed E-state index contributed by atoms with van der Waals surface area (Å²) in [6.07, 6.45) is 4.80. The minimum atomic E-state index is 0.360. The first-order valence-corrected chi connectivity index (χ1v) is 6.63. The van der Waals surface area contributed by atoms with Crippen LogP contribution in [0, 0.1) is 5.92 Å². The average molecular weight is 273 g/mol. The van der Waals surface area contributed by atoms with Gasteiger partial charge in [-0.25, -0.2) is 0 Å². The third-order valence-electron chi connectivity index (χ3n) is 2.51. The minimum Gasteiger partial charge on any atom is -0.327 e. The highest BCUT2D eigenvalue weighted by Gasteiger charge is 2.24. The number of nitrogens with two attached hydrogens (primary N) is 1. The molecule has 14 heavy (non-hydrogen) atoms. The van der Waals surface area contributed by atoms with Crippen molar-refractivity contribution in [3.63, 3.8) is 0 Å². The molecule has 1 saturated heterocycles. The summed E-state index contributed by atoms with van der Waals surface area (Å²) in [5.41, 5.74) is 7.29. The van der Waals surface area contributed by atoms with Crippen LogP contribution >= 0.6 is 27.7 Å². The van der Waals surface area contributed by atoms with E-state index in [0.29, 0.717) is 12.0 Å². The molecule has 0 radical (unpaired) electrons. The Hall–Kier alpha value is -0.0600. The lowest BCUT2D eigenvalue weighted by Crippen LogP contribution is -2.29. The molecule has 1 aliphatic rings. The summed E-state index contributed by atoms with van der Waals surface area (Å²) in [6, 6.07) is 2.49. The van der Waals surface area contributed by atoms with E-state index in [4.69, 9.17) is 5.73 Å². The van der Waals surface area contributed by atoms with Gasteiger partial charge in [0.2, 0.25) is 0 Å². The first-order chi connectivity index (χ1) is 6.75. The maximum atomic E-state index is 6.01. The summed E-state index contributed by atoms with van der Waals surface area (Å²) in [5, 5.41) is 0. The molecular formula is C10H13BrN2S. The van der Waals surface area contributed by atoms with Crippen LogP contribution in [0.2, 0.25) is 0 Å². The van der Waals surface area contributed by atoms with E-state index in [1.54, 1.807) is 0 Å². The van der Waals surface area contributed by atoms with E-state index >= 15 is 0 Å². The largest absolute Gasteiger partial charge is 0.327 e. The summed E-state index contributed by atoms with van der Waals surface area (Å²) in [7, 11) is 0. The van der Waals surface area contributed by atoms with Crippen molar-refractivity contribution in [3.05, 3.63) is 28.5 Å². The molecule has 76 valence electrons. The van der Waals surface area contributed by atoms with Crippen molar-refractivity contribution in [1.29, 1.82) is 0 Å². The van der Waals surface area contributed by atoms with Crippen LogP contribution < -0.4 is 5.73 Å². The van der Waals surface area contributed by atoms with Gasteiger partial charge in [-0.3, -0.25) is 4.98 Å². The van der Waals surface area contributed by atoms with Crippen molar-refractivity contribution >= 4 is 27.7 Å². The smallest absolute Gasteiger partial charge is 0.0410 e. The number of rotatable bonds is 2. The van der Waals surface area contributed by atoms with E-state index < -0.39 is 0 Å². The van der Waals surface area contributed by atoms with Gasteiger partial charge >= 0.3 is 0 Å². The van der Waals surface area contributed by atoms with Crippen LogP contribution in [0.4, 0.5) is 0 Å². The Bertz CT molecular complexity index is 319. The van der Waals surface area contributed by atoms with E-state index in [9.17, 15) is 0 Å². The van der Waals surface area contributed by atoms with Gasteiger partial charge < -0.3 is 5.73 Å². The summed E-state index contributed by atoms with van der Waals surface area (Å²) in [4.78, 5) is 4.16. The van der Waals surface area contributed by atoms with Crippen molar-refractivity contribution in [1.82, 2.24) is 4.98 Å². The maximum absolute atomic E-state index is 6.01. The van der Waals surface area contributed by atoms with Crippen LogP contribution in [-0.4, -0.2) is 22.5 Å². The molecule has 1 aromatic rings. The molecule has 0 saturated carbocycles. The number of hydrogen-bond acceptors (Lipinski definition) is 3. The van der Waals surface area contributed by atoms with Gasteiger partial charge in [-0.05, 0) is 45.7 Å². The molecule has 2 heterocycles. The fourth-order valence-corrected chi connectivity index (χ4v) is 3.46. The Balaban J connectivity index is 2.03. The van der Waals surface area contributed by atoms with E-state index in [1.165, 1.54) is 11.3 Å². The van der Waals surface area contributed by atoms with Crippen LogP contribution in [0.15, 0.2) is 22.9 Å². The molecule has 0 aromatic carbocycles. The first-order valence-electron chi connectivity index (χ1n) is 4.68. The number of aromatic nitrogens is 1. The molecule has 2 N–H and O–H groups in total. The van der Waals surface area contributed by atoms with E-state index in [1.807, 2.05) is 24.2 Å². The van der Waals surface area contributed by atoms with Gasteiger partial charge in [0.05, 0.1) is 0 Å². The van der Waals surface area contributed by atoms with Crippen molar-refractivity contribution < 1.29 is 0 Å². The summed E-state index contributed by atoms with van der Waals surface area (Å²) < 4.78 is 1.05. The number of nitrogens with zero attached hydrogens (tertiary/aromatic N) is 1. The van der Waals surface area contributed by atoms with Gasteiger partial charge in [0, 0.05) is 28.7 Å². The molecule has 0 bridgehead atoms. The van der Waals surface area contributed by atoms with Gasteiger partial charge in [-0.2, -0.15) is 11.8 Å². The lowest BCUT2D eigenvalue weighted by Gasteiger charge is -2.13. The predicted octanol–water partition coefficient (Wildman–Crippen LogP) is 2.08. The molecule has 4 heteroatoms. The van der Waals surface area contributed by atoms with Crippen LogP contribution in [0.25, 0.3) is 0 Å². The third kappa shape index (κ3) is 2.49. The average Bonchev–Trinajstić information content (AvgIpc) is 2.52. The molecule has 1 aromatic heterocycles. The van der Waals surface area contributed by atoms with E-state index in [0.717, 1.165) is 16.6 Å². The van der Waals surface area contributed by atoms with Crippen molar-refractivity contribution in [3.8, 4) is 0 Å². The normalized spacial score (nSPS) is 26.7. The van der Waals surface area contributed by atoms with Crippen molar-refractivity contribution in [2.75, 3.05) is 11.5 Å².